The number of nitrogens with one attached hydrogen (secondary N) is 1. The molecular formula is C10H16N4O3. The summed E-state index contributed by atoms with van der Waals surface area (Å²) < 4.78 is 1.52. The first-order valence-corrected chi connectivity index (χ1v) is 5.49. The van der Waals surface area contributed by atoms with Crippen molar-refractivity contribution in [2.24, 2.45) is 0 Å². The molecule has 0 aromatic carbocycles. The fraction of sp³-hybridized carbons (Fsp3) is 0.600. The van der Waals surface area contributed by atoms with Crippen molar-refractivity contribution in [2.45, 2.75) is 38.8 Å². The van der Waals surface area contributed by atoms with Crippen LogP contribution in [0.2, 0.25) is 0 Å². The summed E-state index contributed by atoms with van der Waals surface area (Å²) in [5.41, 5.74) is 0. The van der Waals surface area contributed by atoms with E-state index in [2.05, 4.69) is 15.6 Å². The van der Waals surface area contributed by atoms with E-state index in [0.29, 0.717) is 19.4 Å². The molecule has 1 amide bonds. The summed E-state index contributed by atoms with van der Waals surface area (Å²) in [5, 5.41) is 18.7. The molecule has 1 heterocycles. The van der Waals surface area contributed by atoms with Gasteiger partial charge in [0.25, 0.3) is 0 Å². The van der Waals surface area contributed by atoms with Crippen LogP contribution in [0.3, 0.4) is 0 Å². The molecule has 1 aromatic heterocycles. The second-order valence-corrected chi connectivity index (χ2v) is 3.66. The van der Waals surface area contributed by atoms with Gasteiger partial charge in [-0.05, 0) is 6.42 Å². The van der Waals surface area contributed by atoms with Crippen molar-refractivity contribution in [1.82, 2.24) is 20.3 Å². The number of hydrogen-bond donors (Lipinski definition) is 2. The Bertz CT molecular complexity index is 364. The normalized spacial score (nSPS) is 12.1. The van der Waals surface area contributed by atoms with Crippen LogP contribution in [0.25, 0.3) is 0 Å². The molecule has 0 saturated carbocycles. The molecule has 7 heteroatoms. The fourth-order valence-electron chi connectivity index (χ4n) is 1.38. The van der Waals surface area contributed by atoms with Crippen LogP contribution in [-0.2, 0) is 16.1 Å². The van der Waals surface area contributed by atoms with Crippen LogP contribution in [0, 0.1) is 0 Å². The van der Waals surface area contributed by atoms with Gasteiger partial charge in [-0.3, -0.25) is 9.48 Å². The molecule has 0 aliphatic rings. The van der Waals surface area contributed by atoms with E-state index in [1.54, 1.807) is 6.20 Å². The maximum absolute atomic E-state index is 11.5. The molecule has 0 spiro atoms. The fourth-order valence-corrected chi connectivity index (χ4v) is 1.38. The zero-order valence-corrected chi connectivity index (χ0v) is 9.67. The van der Waals surface area contributed by atoms with E-state index in [0.717, 1.165) is 0 Å². The quantitative estimate of drug-likeness (QED) is 0.701. The lowest BCUT2D eigenvalue weighted by atomic mass is 10.1. The molecule has 1 rings (SSSR count). The van der Waals surface area contributed by atoms with Crippen molar-refractivity contribution in [3.05, 3.63) is 12.4 Å². The first-order valence-electron chi connectivity index (χ1n) is 5.49. The summed E-state index contributed by atoms with van der Waals surface area (Å²) in [7, 11) is 0. The minimum atomic E-state index is -0.999. The third-order valence-corrected chi connectivity index (χ3v) is 2.25. The highest BCUT2D eigenvalue weighted by Gasteiger charge is 2.18. The largest absolute Gasteiger partial charge is 0.480 e. The molecule has 0 fully saturated rings. The lowest BCUT2D eigenvalue weighted by Gasteiger charge is -2.13. The van der Waals surface area contributed by atoms with Gasteiger partial charge in [-0.15, -0.1) is 5.10 Å². The predicted molar refractivity (Wildman–Crippen MR) is 59.1 cm³/mol. The summed E-state index contributed by atoms with van der Waals surface area (Å²) in [6.45, 7) is 2.27. The minimum absolute atomic E-state index is 0.191. The monoisotopic (exact) mass is 240 g/mol. The molecule has 0 aliphatic carbocycles. The minimum Gasteiger partial charge on any atom is -0.480 e. The molecule has 0 radical (unpaired) electrons. The zero-order valence-electron chi connectivity index (χ0n) is 9.67. The Kier molecular flexibility index (Phi) is 5.12. The van der Waals surface area contributed by atoms with Gasteiger partial charge in [0.15, 0.2) is 0 Å². The lowest BCUT2D eigenvalue weighted by Crippen LogP contribution is -2.40. The Morgan fingerprint density at radius 1 is 1.53 bits per heavy atom. The van der Waals surface area contributed by atoms with Crippen LogP contribution >= 0.6 is 0 Å². The summed E-state index contributed by atoms with van der Waals surface area (Å²) in [5.74, 6) is -1.29. The third kappa shape index (κ3) is 4.62. The second-order valence-electron chi connectivity index (χ2n) is 3.66. The number of carboxylic acids is 1. The van der Waals surface area contributed by atoms with Crippen molar-refractivity contribution in [1.29, 1.82) is 0 Å². The number of aryl methyl sites for hydroxylation is 1. The molecule has 1 aromatic rings. The van der Waals surface area contributed by atoms with Gasteiger partial charge in [0, 0.05) is 12.6 Å². The third-order valence-electron chi connectivity index (χ3n) is 2.25. The van der Waals surface area contributed by atoms with E-state index in [4.69, 9.17) is 5.11 Å². The summed E-state index contributed by atoms with van der Waals surface area (Å²) in [4.78, 5) is 22.3. The van der Waals surface area contributed by atoms with Crippen LogP contribution in [0.15, 0.2) is 12.4 Å². The number of amides is 1. The number of carbonyl (C=O) groups excluding carboxylic acids is 1. The Labute approximate surface area is 98.8 Å². The molecule has 1 unspecified atom stereocenters. The SMILES string of the molecule is CCCC(NC(=O)CCn1ccnn1)C(=O)O. The molecule has 7 nitrogen and oxygen atoms in total. The highest BCUT2D eigenvalue weighted by atomic mass is 16.4. The number of rotatable bonds is 7. The van der Waals surface area contributed by atoms with Crippen molar-refractivity contribution >= 4 is 11.9 Å². The van der Waals surface area contributed by atoms with Crippen molar-refractivity contribution < 1.29 is 14.7 Å². The van der Waals surface area contributed by atoms with Crippen molar-refractivity contribution in [2.75, 3.05) is 0 Å². The zero-order chi connectivity index (χ0) is 12.7. The van der Waals surface area contributed by atoms with Gasteiger partial charge in [-0.25, -0.2) is 4.79 Å². The van der Waals surface area contributed by atoms with E-state index in [-0.39, 0.29) is 12.3 Å². The Morgan fingerprint density at radius 2 is 2.29 bits per heavy atom. The summed E-state index contributed by atoms with van der Waals surface area (Å²) >= 11 is 0. The first-order chi connectivity index (χ1) is 8.13. The number of carboxylic acid groups (broad SMARTS) is 1. The Balaban J connectivity index is 2.34. The van der Waals surface area contributed by atoms with Crippen molar-refractivity contribution in [3.8, 4) is 0 Å². The van der Waals surface area contributed by atoms with Gasteiger partial charge in [0.05, 0.1) is 12.7 Å². The summed E-state index contributed by atoms with van der Waals surface area (Å²) in [6.07, 6.45) is 4.50. The van der Waals surface area contributed by atoms with E-state index in [1.165, 1.54) is 10.9 Å². The molecule has 17 heavy (non-hydrogen) atoms. The maximum Gasteiger partial charge on any atom is 0.326 e. The predicted octanol–water partition coefficient (Wildman–Crippen LogP) is 0.0377. The van der Waals surface area contributed by atoms with E-state index in [9.17, 15) is 9.59 Å². The van der Waals surface area contributed by atoms with Crippen LogP contribution in [-0.4, -0.2) is 38.0 Å². The highest BCUT2D eigenvalue weighted by molar-refractivity contribution is 5.83. The topological polar surface area (TPSA) is 97.1 Å². The van der Waals surface area contributed by atoms with Crippen molar-refractivity contribution in [3.63, 3.8) is 0 Å². The molecule has 0 bridgehead atoms. The molecular weight excluding hydrogens is 224 g/mol. The maximum atomic E-state index is 11.5. The number of hydrogen-bond acceptors (Lipinski definition) is 4. The number of carbonyl (C=O) groups is 2. The number of aromatic nitrogens is 3. The molecule has 2 N–H and O–H groups in total. The average molecular weight is 240 g/mol. The number of aliphatic carboxylic acids is 1. The number of nitrogens with zero attached hydrogens (tertiary/aromatic N) is 3. The van der Waals surface area contributed by atoms with Crippen LogP contribution in [0.5, 0.6) is 0 Å². The van der Waals surface area contributed by atoms with Gasteiger partial charge in [0.2, 0.25) is 5.91 Å². The summed E-state index contributed by atoms with van der Waals surface area (Å²) in [6, 6.07) is -0.803. The average Bonchev–Trinajstić information content (AvgIpc) is 2.78. The van der Waals surface area contributed by atoms with Crippen LogP contribution < -0.4 is 5.32 Å². The van der Waals surface area contributed by atoms with Gasteiger partial charge in [-0.2, -0.15) is 0 Å². The Hall–Kier alpha value is -1.92. The van der Waals surface area contributed by atoms with E-state index in [1.807, 2.05) is 6.92 Å². The van der Waals surface area contributed by atoms with E-state index < -0.39 is 12.0 Å². The standard InChI is InChI=1S/C10H16N4O3/c1-2-3-8(10(16)17)12-9(15)4-6-14-7-5-11-13-14/h5,7-8H,2-4,6H2,1H3,(H,12,15)(H,16,17). The van der Waals surface area contributed by atoms with Gasteiger partial charge < -0.3 is 10.4 Å². The van der Waals surface area contributed by atoms with Crippen LogP contribution in [0.4, 0.5) is 0 Å². The van der Waals surface area contributed by atoms with Crippen LogP contribution in [0.1, 0.15) is 26.2 Å². The Morgan fingerprint density at radius 3 is 2.82 bits per heavy atom. The lowest BCUT2D eigenvalue weighted by molar-refractivity contribution is -0.142. The van der Waals surface area contributed by atoms with Gasteiger partial charge in [-0.1, -0.05) is 18.6 Å². The van der Waals surface area contributed by atoms with Gasteiger partial charge in [0.1, 0.15) is 6.04 Å². The molecule has 0 aliphatic heterocycles. The molecule has 94 valence electrons. The smallest absolute Gasteiger partial charge is 0.326 e. The first kappa shape index (κ1) is 13.1. The second kappa shape index (κ2) is 6.62. The molecule has 1 atom stereocenters. The molecule has 0 saturated heterocycles. The van der Waals surface area contributed by atoms with Gasteiger partial charge >= 0.3 is 5.97 Å². The van der Waals surface area contributed by atoms with E-state index >= 15 is 0 Å². The highest BCUT2D eigenvalue weighted by Crippen LogP contribution is 1.98.